The second-order valence-electron chi connectivity index (χ2n) is 4.11. The van der Waals surface area contributed by atoms with Crippen molar-refractivity contribution in [3.8, 4) is 0 Å². The van der Waals surface area contributed by atoms with Crippen molar-refractivity contribution in [3.05, 3.63) is 11.5 Å². The van der Waals surface area contributed by atoms with Crippen LogP contribution < -0.4 is 0 Å². The number of nitrogens with zero attached hydrogens (tertiary/aromatic N) is 4. The van der Waals surface area contributed by atoms with E-state index in [0.29, 0.717) is 0 Å². The Labute approximate surface area is 110 Å². The first-order chi connectivity index (χ1) is 8.06. The van der Waals surface area contributed by atoms with Crippen LogP contribution in [-0.2, 0) is 13.6 Å². The molecule has 0 bridgehead atoms. The van der Waals surface area contributed by atoms with E-state index in [-0.39, 0.29) is 5.38 Å². The summed E-state index contributed by atoms with van der Waals surface area (Å²) in [5.41, 5.74) is 3.00. The Bertz CT molecular complexity index is 529. The zero-order valence-corrected chi connectivity index (χ0v) is 12.1. The Morgan fingerprint density at radius 3 is 2.76 bits per heavy atom. The predicted molar refractivity (Wildman–Crippen MR) is 73.9 cm³/mol. The Balaban J connectivity index is 2.60. The van der Waals surface area contributed by atoms with Crippen LogP contribution in [0, 0.1) is 6.92 Å². The normalized spacial score (nSPS) is 13.5. The fourth-order valence-electron chi connectivity index (χ4n) is 2.06. The van der Waals surface area contributed by atoms with Gasteiger partial charge in [-0.25, -0.2) is 4.98 Å². The van der Waals surface area contributed by atoms with E-state index < -0.39 is 0 Å². The van der Waals surface area contributed by atoms with E-state index in [9.17, 15) is 0 Å². The van der Waals surface area contributed by atoms with Gasteiger partial charge in [0.2, 0.25) is 0 Å². The minimum atomic E-state index is -0.0799. The number of hydrogen-bond acceptors (Lipinski definition) is 3. The van der Waals surface area contributed by atoms with Crippen LogP contribution >= 0.6 is 23.4 Å². The molecule has 4 nitrogen and oxygen atoms in total. The highest BCUT2D eigenvalue weighted by atomic mass is 35.5. The SMILES string of the molecule is CSCCn1c(C(C)Cl)nc2c(C)nn(C)c21. The highest BCUT2D eigenvalue weighted by Gasteiger charge is 2.19. The molecule has 6 heteroatoms. The Morgan fingerprint density at radius 2 is 2.18 bits per heavy atom. The third-order valence-corrected chi connectivity index (χ3v) is 3.58. The number of imidazole rings is 1. The lowest BCUT2D eigenvalue weighted by Crippen LogP contribution is -2.09. The molecule has 1 unspecified atom stereocenters. The van der Waals surface area contributed by atoms with Gasteiger partial charge >= 0.3 is 0 Å². The van der Waals surface area contributed by atoms with Crippen LogP contribution in [0.5, 0.6) is 0 Å². The molecule has 1 atom stereocenters. The smallest absolute Gasteiger partial charge is 0.158 e. The number of aryl methyl sites for hydroxylation is 3. The zero-order chi connectivity index (χ0) is 12.6. The largest absolute Gasteiger partial charge is 0.311 e. The van der Waals surface area contributed by atoms with Crippen LogP contribution in [0.4, 0.5) is 0 Å². The molecule has 0 N–H and O–H groups in total. The summed E-state index contributed by atoms with van der Waals surface area (Å²) >= 11 is 8.02. The number of alkyl halides is 1. The average molecular weight is 273 g/mol. The third-order valence-electron chi connectivity index (χ3n) is 2.79. The van der Waals surface area contributed by atoms with E-state index in [2.05, 4.69) is 20.9 Å². The molecule has 2 rings (SSSR count). The zero-order valence-electron chi connectivity index (χ0n) is 10.6. The van der Waals surface area contributed by atoms with Crippen LogP contribution in [0.2, 0.25) is 0 Å². The Kier molecular flexibility index (Phi) is 3.68. The van der Waals surface area contributed by atoms with Crippen molar-refractivity contribution >= 4 is 34.5 Å². The Hall–Kier alpha value is -0.680. The van der Waals surface area contributed by atoms with Crippen molar-refractivity contribution in [2.75, 3.05) is 12.0 Å². The summed E-state index contributed by atoms with van der Waals surface area (Å²) in [6.07, 6.45) is 2.10. The summed E-state index contributed by atoms with van der Waals surface area (Å²) in [4.78, 5) is 4.62. The number of hydrogen-bond donors (Lipinski definition) is 0. The molecule has 0 aliphatic rings. The van der Waals surface area contributed by atoms with Crippen molar-refractivity contribution in [1.29, 1.82) is 0 Å². The first kappa shape index (κ1) is 12.8. The van der Waals surface area contributed by atoms with Gasteiger partial charge in [0.15, 0.2) is 5.65 Å². The van der Waals surface area contributed by atoms with Crippen LogP contribution in [0.25, 0.3) is 11.2 Å². The molecule has 0 aliphatic heterocycles. The van der Waals surface area contributed by atoms with Gasteiger partial charge in [0.05, 0.1) is 11.1 Å². The minimum Gasteiger partial charge on any atom is -0.311 e. The van der Waals surface area contributed by atoms with Crippen molar-refractivity contribution in [1.82, 2.24) is 19.3 Å². The number of rotatable bonds is 4. The average Bonchev–Trinajstić information content (AvgIpc) is 2.76. The van der Waals surface area contributed by atoms with Gasteiger partial charge in [0.25, 0.3) is 0 Å². The molecule has 2 heterocycles. The summed E-state index contributed by atoms with van der Waals surface area (Å²) in [7, 11) is 1.95. The van der Waals surface area contributed by atoms with E-state index >= 15 is 0 Å². The fourth-order valence-corrected chi connectivity index (χ4v) is 2.59. The van der Waals surface area contributed by atoms with Gasteiger partial charge in [0, 0.05) is 19.3 Å². The quantitative estimate of drug-likeness (QED) is 0.803. The number of halogens is 1. The summed E-state index contributed by atoms with van der Waals surface area (Å²) < 4.78 is 4.07. The standard InChI is InChI=1S/C11H17ClN4S/c1-7(12)10-13-9-8(2)14-15(3)11(9)16(10)5-6-17-4/h7H,5-6H2,1-4H3. The second-order valence-corrected chi connectivity index (χ2v) is 5.75. The van der Waals surface area contributed by atoms with Crippen LogP contribution in [0.15, 0.2) is 0 Å². The van der Waals surface area contributed by atoms with Gasteiger partial charge in [-0.3, -0.25) is 4.68 Å². The maximum atomic E-state index is 6.20. The summed E-state index contributed by atoms with van der Waals surface area (Å²) in [5.74, 6) is 1.98. The minimum absolute atomic E-state index is 0.0799. The van der Waals surface area contributed by atoms with E-state index in [1.165, 1.54) is 0 Å². The van der Waals surface area contributed by atoms with Gasteiger partial charge in [-0.05, 0) is 20.1 Å². The molecule has 94 valence electrons. The first-order valence-corrected chi connectivity index (χ1v) is 7.42. The first-order valence-electron chi connectivity index (χ1n) is 5.59. The molecule has 0 saturated carbocycles. The highest BCUT2D eigenvalue weighted by molar-refractivity contribution is 7.98. The van der Waals surface area contributed by atoms with Crippen molar-refractivity contribution in [3.63, 3.8) is 0 Å². The van der Waals surface area contributed by atoms with E-state index in [4.69, 9.17) is 11.6 Å². The molecule has 17 heavy (non-hydrogen) atoms. The molecule has 0 saturated heterocycles. The van der Waals surface area contributed by atoms with Gasteiger partial charge in [-0.15, -0.1) is 11.6 Å². The second kappa shape index (κ2) is 4.90. The number of thioether (sulfide) groups is 1. The topological polar surface area (TPSA) is 35.6 Å². The van der Waals surface area contributed by atoms with Gasteiger partial charge in [-0.2, -0.15) is 16.9 Å². The lowest BCUT2D eigenvalue weighted by molar-refractivity contribution is 0.674. The van der Waals surface area contributed by atoms with E-state index in [0.717, 1.165) is 35.0 Å². The molecular formula is C11H17ClN4S. The third kappa shape index (κ3) is 2.18. The van der Waals surface area contributed by atoms with Crippen LogP contribution in [0.1, 0.15) is 23.8 Å². The summed E-state index contributed by atoms with van der Waals surface area (Å²) in [6, 6.07) is 0. The molecule has 0 spiro atoms. The molecule has 0 amide bonds. The van der Waals surface area contributed by atoms with Crippen molar-refractivity contribution in [2.24, 2.45) is 7.05 Å². The fraction of sp³-hybridized carbons (Fsp3) is 0.636. The highest BCUT2D eigenvalue weighted by Crippen LogP contribution is 2.26. The molecule has 0 aliphatic carbocycles. The van der Waals surface area contributed by atoms with Gasteiger partial charge < -0.3 is 4.57 Å². The molecule has 0 aromatic carbocycles. The lowest BCUT2D eigenvalue weighted by Gasteiger charge is -2.09. The van der Waals surface area contributed by atoms with Crippen molar-refractivity contribution in [2.45, 2.75) is 25.8 Å². The van der Waals surface area contributed by atoms with E-state index in [1.54, 1.807) is 0 Å². The Morgan fingerprint density at radius 1 is 1.47 bits per heavy atom. The monoisotopic (exact) mass is 272 g/mol. The molecule has 2 aromatic rings. The predicted octanol–water partition coefficient (Wildman–Crippen LogP) is 2.74. The lowest BCUT2D eigenvalue weighted by atomic mass is 10.4. The van der Waals surface area contributed by atoms with Gasteiger partial charge in [-0.1, -0.05) is 0 Å². The number of aromatic nitrogens is 4. The van der Waals surface area contributed by atoms with Crippen LogP contribution in [-0.4, -0.2) is 31.3 Å². The molecular weight excluding hydrogens is 256 g/mol. The molecule has 2 aromatic heterocycles. The molecule has 0 radical (unpaired) electrons. The summed E-state index contributed by atoms with van der Waals surface area (Å²) in [5, 5.41) is 4.32. The van der Waals surface area contributed by atoms with E-state index in [1.807, 2.05) is 37.3 Å². The van der Waals surface area contributed by atoms with Gasteiger partial charge in [0.1, 0.15) is 11.3 Å². The summed E-state index contributed by atoms with van der Waals surface area (Å²) in [6.45, 7) is 4.86. The molecule has 0 fully saturated rings. The maximum Gasteiger partial charge on any atom is 0.158 e. The van der Waals surface area contributed by atoms with Crippen LogP contribution in [0.3, 0.4) is 0 Å². The van der Waals surface area contributed by atoms with Crippen molar-refractivity contribution < 1.29 is 0 Å². The number of fused-ring (bicyclic) bond motifs is 1. The maximum absolute atomic E-state index is 6.20.